The summed E-state index contributed by atoms with van der Waals surface area (Å²) in [6.45, 7) is 4.77. The van der Waals surface area contributed by atoms with Gasteiger partial charge in [0.2, 0.25) is 5.91 Å². The molecule has 3 atom stereocenters. The molecule has 0 aliphatic carbocycles. The van der Waals surface area contributed by atoms with E-state index in [9.17, 15) is 19.4 Å². The lowest BCUT2D eigenvalue weighted by Gasteiger charge is -2.25. The van der Waals surface area contributed by atoms with Crippen LogP contribution in [-0.2, 0) is 18.4 Å². The highest BCUT2D eigenvalue weighted by Gasteiger charge is 2.27. The number of unbranched alkanes of at least 4 members (excludes halogenated alkanes) is 21. The number of hydrogen-bond acceptors (Lipinski definition) is 5. The Kier molecular flexibility index (Phi) is 32.2. The molecule has 0 aromatic carbocycles. The van der Waals surface area contributed by atoms with E-state index in [2.05, 4.69) is 31.3 Å². The first kappa shape index (κ1) is 48.0. The molecule has 0 rings (SSSR count). The van der Waals surface area contributed by atoms with Gasteiger partial charge in [0.25, 0.3) is 0 Å². The molecular weight excluding hydrogens is 635 g/mol. The number of amides is 1. The zero-order valence-electron chi connectivity index (χ0n) is 32.7. The number of hydrogen-bond donors (Lipinski definition) is 3. The van der Waals surface area contributed by atoms with Gasteiger partial charge in [-0.15, -0.1) is 0 Å². The van der Waals surface area contributed by atoms with Gasteiger partial charge in [-0.1, -0.05) is 160 Å². The topological polar surface area (TPSA) is 105 Å². The number of allylic oxidation sites excluding steroid dienone is 3. The average Bonchev–Trinajstić information content (AvgIpc) is 3.04. The fourth-order valence-corrected chi connectivity index (χ4v) is 6.38. The van der Waals surface area contributed by atoms with Crippen LogP contribution in [0.1, 0.15) is 174 Å². The summed E-state index contributed by atoms with van der Waals surface area (Å²) >= 11 is 0. The van der Waals surface area contributed by atoms with Crippen LogP contribution in [0.3, 0.4) is 0 Å². The molecule has 49 heavy (non-hydrogen) atoms. The van der Waals surface area contributed by atoms with E-state index in [-0.39, 0.29) is 19.1 Å². The van der Waals surface area contributed by atoms with Crippen molar-refractivity contribution >= 4 is 13.7 Å². The van der Waals surface area contributed by atoms with Crippen LogP contribution in [0.25, 0.3) is 0 Å². The van der Waals surface area contributed by atoms with Gasteiger partial charge in [0.15, 0.2) is 0 Å². The summed E-state index contributed by atoms with van der Waals surface area (Å²) in [4.78, 5) is 23.0. The number of aliphatic hydroxyl groups is 1. The second kappa shape index (κ2) is 32.9. The number of aliphatic hydroxyl groups excluding tert-OH is 1. The monoisotopic (exact) mass is 716 g/mol. The molecule has 8 nitrogen and oxygen atoms in total. The van der Waals surface area contributed by atoms with E-state index >= 15 is 0 Å². The van der Waals surface area contributed by atoms with E-state index in [0.29, 0.717) is 17.4 Å². The van der Waals surface area contributed by atoms with Crippen molar-refractivity contribution < 1.29 is 32.9 Å². The number of phosphoric acid groups is 1. The molecule has 0 saturated heterocycles. The van der Waals surface area contributed by atoms with Crippen molar-refractivity contribution in [1.29, 1.82) is 0 Å². The number of likely N-dealkylation sites (N-methyl/N-ethyl adjacent to an activating group) is 1. The maximum absolute atomic E-state index is 12.8. The molecule has 0 aromatic heterocycles. The van der Waals surface area contributed by atoms with E-state index in [0.717, 1.165) is 38.5 Å². The predicted octanol–water partition coefficient (Wildman–Crippen LogP) is 10.6. The Balaban J connectivity index is 4.55. The zero-order chi connectivity index (χ0) is 36.5. The maximum atomic E-state index is 12.8. The van der Waals surface area contributed by atoms with Crippen LogP contribution >= 0.6 is 7.82 Å². The first-order valence-corrected chi connectivity index (χ1v) is 21.7. The summed E-state index contributed by atoms with van der Waals surface area (Å²) in [5, 5.41) is 13.7. The fraction of sp³-hybridized carbons (Fsp3) is 0.875. The van der Waals surface area contributed by atoms with Gasteiger partial charge in [-0.05, 0) is 32.1 Å². The molecule has 290 valence electrons. The summed E-state index contributed by atoms with van der Waals surface area (Å²) < 4.78 is 23.5. The minimum Gasteiger partial charge on any atom is -0.387 e. The Hall–Kier alpha value is -1.02. The highest BCUT2D eigenvalue weighted by Crippen LogP contribution is 2.43. The lowest BCUT2D eigenvalue weighted by Crippen LogP contribution is -2.45. The number of carbonyl (C=O) groups is 1. The standard InChI is InChI=1S/C40H79N2O6P/c1-6-8-10-12-14-16-18-20-22-23-25-27-29-31-33-39(43)38(37-48-49(45,46)47-36-35-42(3,4)5)41-40(44)34-32-30-28-26-24-21-19-17-15-13-11-9-7-2/h23,25,31,33,38-39,43H,6-22,24,26-30,32,34-37H2,1-5H3,(H-,41,44,45,46)/p+1/b25-23+,33-31+/t38-,39+/m0/s1. The third kappa shape index (κ3) is 35.2. The first-order chi connectivity index (χ1) is 23.5. The lowest BCUT2D eigenvalue weighted by molar-refractivity contribution is -0.870. The van der Waals surface area contributed by atoms with Crippen LogP contribution in [0.4, 0.5) is 0 Å². The van der Waals surface area contributed by atoms with Crippen molar-refractivity contribution in [2.75, 3.05) is 40.9 Å². The molecule has 1 amide bonds. The Morgan fingerprint density at radius 3 is 1.63 bits per heavy atom. The molecular formula is C40H80N2O6P+. The number of phosphoric ester groups is 1. The van der Waals surface area contributed by atoms with Crippen molar-refractivity contribution in [1.82, 2.24) is 5.32 Å². The number of carbonyl (C=O) groups excluding carboxylic acids is 1. The summed E-state index contributed by atoms with van der Waals surface area (Å²) in [6, 6.07) is -0.856. The van der Waals surface area contributed by atoms with Gasteiger partial charge in [-0.2, -0.15) is 0 Å². The van der Waals surface area contributed by atoms with E-state index in [1.54, 1.807) is 6.08 Å². The highest BCUT2D eigenvalue weighted by atomic mass is 31.2. The third-order valence-corrected chi connectivity index (χ3v) is 9.91. The van der Waals surface area contributed by atoms with Gasteiger partial charge in [-0.3, -0.25) is 13.8 Å². The molecule has 1 unspecified atom stereocenters. The van der Waals surface area contributed by atoms with Crippen LogP contribution in [0.2, 0.25) is 0 Å². The van der Waals surface area contributed by atoms with Gasteiger partial charge >= 0.3 is 7.82 Å². The molecule has 0 aromatic rings. The van der Waals surface area contributed by atoms with Crippen LogP contribution in [0.5, 0.6) is 0 Å². The number of rotatable bonds is 36. The Bertz CT molecular complexity index is 860. The number of nitrogens with zero attached hydrogens (tertiary/aromatic N) is 1. The Labute approximate surface area is 303 Å². The predicted molar refractivity (Wildman–Crippen MR) is 208 cm³/mol. The largest absolute Gasteiger partial charge is 0.472 e. The highest BCUT2D eigenvalue weighted by molar-refractivity contribution is 7.47. The van der Waals surface area contributed by atoms with Crippen molar-refractivity contribution in [3.63, 3.8) is 0 Å². The van der Waals surface area contributed by atoms with Crippen molar-refractivity contribution in [2.45, 2.75) is 187 Å². The minimum absolute atomic E-state index is 0.0579. The van der Waals surface area contributed by atoms with Crippen LogP contribution < -0.4 is 5.32 Å². The summed E-state index contributed by atoms with van der Waals surface area (Å²) in [7, 11) is 1.56. The molecule has 0 bridgehead atoms. The molecule has 0 saturated carbocycles. The molecule has 0 spiro atoms. The van der Waals surface area contributed by atoms with Gasteiger partial charge in [-0.25, -0.2) is 4.57 Å². The molecule has 0 aliphatic rings. The summed E-state index contributed by atoms with van der Waals surface area (Å²) in [5.74, 6) is -0.188. The van der Waals surface area contributed by atoms with Crippen molar-refractivity contribution in [2.24, 2.45) is 0 Å². The van der Waals surface area contributed by atoms with Gasteiger partial charge < -0.3 is 19.8 Å². The molecule has 9 heteroatoms. The zero-order valence-corrected chi connectivity index (χ0v) is 33.6. The number of quaternary nitrogens is 1. The van der Waals surface area contributed by atoms with Crippen LogP contribution in [0, 0.1) is 0 Å². The van der Waals surface area contributed by atoms with E-state index < -0.39 is 20.0 Å². The van der Waals surface area contributed by atoms with Crippen molar-refractivity contribution in [3.8, 4) is 0 Å². The minimum atomic E-state index is -4.33. The molecule has 0 aliphatic heterocycles. The van der Waals surface area contributed by atoms with Gasteiger partial charge in [0.1, 0.15) is 13.2 Å². The molecule has 0 heterocycles. The average molecular weight is 716 g/mol. The lowest BCUT2D eigenvalue weighted by atomic mass is 10.0. The summed E-state index contributed by atoms with van der Waals surface area (Å²) in [5.41, 5.74) is 0. The van der Waals surface area contributed by atoms with Crippen molar-refractivity contribution in [3.05, 3.63) is 24.3 Å². The second-order valence-corrected chi connectivity index (χ2v) is 16.5. The fourth-order valence-electron chi connectivity index (χ4n) is 5.64. The molecule has 0 fully saturated rings. The molecule has 0 radical (unpaired) electrons. The third-order valence-electron chi connectivity index (χ3n) is 8.92. The van der Waals surface area contributed by atoms with Crippen LogP contribution in [0.15, 0.2) is 24.3 Å². The Morgan fingerprint density at radius 2 is 1.12 bits per heavy atom. The smallest absolute Gasteiger partial charge is 0.387 e. The number of nitrogens with one attached hydrogen (secondary N) is 1. The van der Waals surface area contributed by atoms with E-state index in [1.165, 1.54) is 116 Å². The van der Waals surface area contributed by atoms with E-state index in [1.807, 2.05) is 27.2 Å². The van der Waals surface area contributed by atoms with Crippen LogP contribution in [-0.4, -0.2) is 73.4 Å². The summed E-state index contributed by atoms with van der Waals surface area (Å²) in [6.07, 6.45) is 36.7. The SMILES string of the molecule is CCCCCCCCCC/C=C/CC/C=C/[C@@H](O)[C@H](COP(=O)(O)OCC[N+](C)(C)C)NC(=O)CCCCCCCCCCCCCCC. The second-order valence-electron chi connectivity index (χ2n) is 15.0. The normalized spacial score (nSPS) is 14.8. The quantitative estimate of drug-likeness (QED) is 0.0258. The van der Waals surface area contributed by atoms with Gasteiger partial charge in [0, 0.05) is 6.42 Å². The molecule has 3 N–H and O–H groups in total. The first-order valence-electron chi connectivity index (χ1n) is 20.2. The Morgan fingerprint density at radius 1 is 0.673 bits per heavy atom. The maximum Gasteiger partial charge on any atom is 0.472 e. The van der Waals surface area contributed by atoms with Gasteiger partial charge in [0.05, 0.1) is 39.9 Å². The van der Waals surface area contributed by atoms with E-state index in [4.69, 9.17) is 9.05 Å².